The molecule has 3 heteroatoms. The predicted molar refractivity (Wildman–Crippen MR) is 39.9 cm³/mol. The van der Waals surface area contributed by atoms with Gasteiger partial charge in [0, 0.05) is 0 Å². The van der Waals surface area contributed by atoms with E-state index in [0.717, 1.165) is 0 Å². The highest BCUT2D eigenvalue weighted by molar-refractivity contribution is 5.74. The molecule has 0 saturated heterocycles. The molecule has 0 radical (unpaired) electrons. The fourth-order valence-electron chi connectivity index (χ4n) is 1.15. The van der Waals surface area contributed by atoms with Crippen LogP contribution in [0.25, 0.3) is 0 Å². The molecule has 0 saturated carbocycles. The molecule has 1 aliphatic carbocycles. The molecule has 62 valence electrons. The van der Waals surface area contributed by atoms with Gasteiger partial charge in [-0.2, -0.15) is 0 Å². The highest BCUT2D eigenvalue weighted by Gasteiger charge is 2.20. The van der Waals surface area contributed by atoms with Gasteiger partial charge in [0.15, 0.2) is 0 Å². The highest BCUT2D eigenvalue weighted by Crippen LogP contribution is 2.18. The van der Waals surface area contributed by atoms with E-state index < -0.39 is 0 Å². The summed E-state index contributed by atoms with van der Waals surface area (Å²) in [5, 5.41) is 9.04. The average Bonchev–Trinajstić information content (AvgIpc) is 2.05. The minimum absolute atomic E-state index is 0.150. The van der Waals surface area contributed by atoms with Crippen LogP contribution in [-0.2, 0) is 9.53 Å². The van der Waals surface area contributed by atoms with Gasteiger partial charge < -0.3 is 9.84 Å². The van der Waals surface area contributed by atoms with Crippen LogP contribution in [0.5, 0.6) is 0 Å². The predicted octanol–water partition coefficient (Wildman–Crippen LogP) is 0.486. The van der Waals surface area contributed by atoms with Gasteiger partial charge >= 0.3 is 5.97 Å². The minimum atomic E-state index is -0.379. The van der Waals surface area contributed by atoms with Crippen molar-refractivity contribution in [3.05, 3.63) is 12.2 Å². The van der Waals surface area contributed by atoms with Crippen molar-refractivity contribution in [3.63, 3.8) is 0 Å². The van der Waals surface area contributed by atoms with Crippen molar-refractivity contribution >= 4 is 5.97 Å². The zero-order valence-electron chi connectivity index (χ0n) is 6.49. The second-order valence-corrected chi connectivity index (χ2v) is 2.66. The quantitative estimate of drug-likeness (QED) is 0.444. The fraction of sp³-hybridized carbons (Fsp3) is 0.625. The van der Waals surface area contributed by atoms with Crippen LogP contribution in [0.1, 0.15) is 12.8 Å². The van der Waals surface area contributed by atoms with Gasteiger partial charge in [-0.05, 0) is 12.8 Å². The standard InChI is InChI=1S/C8H12O3/c1-11-8(10)6-2-4-7(9)5-3-6/h2,4,6-7,9H,3,5H2,1H3. The maximum atomic E-state index is 10.9. The third kappa shape index (κ3) is 2.05. The summed E-state index contributed by atoms with van der Waals surface area (Å²) in [6.45, 7) is 0. The minimum Gasteiger partial charge on any atom is -0.469 e. The Bertz CT molecular complexity index is 174. The van der Waals surface area contributed by atoms with Crippen molar-refractivity contribution in [1.82, 2.24) is 0 Å². The third-order valence-electron chi connectivity index (χ3n) is 1.84. The molecule has 1 rings (SSSR count). The first-order valence-electron chi connectivity index (χ1n) is 3.68. The molecule has 0 bridgehead atoms. The molecule has 3 nitrogen and oxygen atoms in total. The number of hydrogen-bond donors (Lipinski definition) is 1. The molecule has 1 aliphatic rings. The molecule has 0 aromatic carbocycles. The lowest BCUT2D eigenvalue weighted by Gasteiger charge is -2.16. The molecular formula is C8H12O3. The van der Waals surface area contributed by atoms with E-state index >= 15 is 0 Å². The number of carbonyl (C=O) groups excluding carboxylic acids is 1. The average molecular weight is 156 g/mol. The topological polar surface area (TPSA) is 46.5 Å². The summed E-state index contributed by atoms with van der Waals surface area (Å²) in [5.41, 5.74) is 0. The summed E-state index contributed by atoms with van der Waals surface area (Å²) in [4.78, 5) is 10.9. The smallest absolute Gasteiger partial charge is 0.312 e. The summed E-state index contributed by atoms with van der Waals surface area (Å²) < 4.78 is 4.55. The molecule has 0 amide bonds. The lowest BCUT2D eigenvalue weighted by molar-refractivity contribution is -0.144. The van der Waals surface area contributed by atoms with Gasteiger partial charge in [0.05, 0.1) is 19.1 Å². The number of aliphatic hydroxyl groups excluding tert-OH is 1. The van der Waals surface area contributed by atoms with Gasteiger partial charge in [-0.15, -0.1) is 0 Å². The lowest BCUT2D eigenvalue weighted by Crippen LogP contribution is -2.20. The van der Waals surface area contributed by atoms with E-state index in [-0.39, 0.29) is 18.0 Å². The molecule has 0 fully saturated rings. The molecule has 0 aromatic rings. The number of aliphatic hydroxyl groups is 1. The van der Waals surface area contributed by atoms with E-state index in [0.29, 0.717) is 12.8 Å². The van der Waals surface area contributed by atoms with Crippen molar-refractivity contribution in [1.29, 1.82) is 0 Å². The zero-order valence-corrected chi connectivity index (χ0v) is 6.49. The van der Waals surface area contributed by atoms with Crippen LogP contribution in [-0.4, -0.2) is 24.3 Å². The van der Waals surface area contributed by atoms with Gasteiger partial charge in [-0.25, -0.2) is 0 Å². The molecule has 0 heterocycles. The van der Waals surface area contributed by atoms with Crippen LogP contribution in [0.4, 0.5) is 0 Å². The van der Waals surface area contributed by atoms with Gasteiger partial charge in [-0.1, -0.05) is 12.2 Å². The first-order valence-corrected chi connectivity index (χ1v) is 3.68. The van der Waals surface area contributed by atoms with Gasteiger partial charge in [0.1, 0.15) is 0 Å². The Balaban J connectivity index is 2.50. The summed E-state index contributed by atoms with van der Waals surface area (Å²) in [6.07, 6.45) is 4.31. The Labute approximate surface area is 65.7 Å². The van der Waals surface area contributed by atoms with Crippen molar-refractivity contribution in [2.24, 2.45) is 5.92 Å². The number of ether oxygens (including phenoxy) is 1. The monoisotopic (exact) mass is 156 g/mol. The third-order valence-corrected chi connectivity index (χ3v) is 1.84. The second-order valence-electron chi connectivity index (χ2n) is 2.66. The fourth-order valence-corrected chi connectivity index (χ4v) is 1.15. The van der Waals surface area contributed by atoms with Crippen LogP contribution in [0.15, 0.2) is 12.2 Å². The normalized spacial score (nSPS) is 30.0. The Morgan fingerprint density at radius 3 is 2.73 bits per heavy atom. The molecule has 0 aromatic heterocycles. The molecule has 0 aliphatic heterocycles. The van der Waals surface area contributed by atoms with Crippen molar-refractivity contribution in [3.8, 4) is 0 Å². The molecule has 1 N–H and O–H groups in total. The van der Waals surface area contributed by atoms with Gasteiger partial charge in [0.25, 0.3) is 0 Å². The van der Waals surface area contributed by atoms with E-state index in [9.17, 15) is 4.79 Å². The van der Waals surface area contributed by atoms with Crippen LogP contribution in [0.2, 0.25) is 0 Å². The molecule has 11 heavy (non-hydrogen) atoms. The van der Waals surface area contributed by atoms with E-state index in [4.69, 9.17) is 5.11 Å². The number of hydrogen-bond acceptors (Lipinski definition) is 3. The maximum absolute atomic E-state index is 10.9. The zero-order chi connectivity index (χ0) is 8.27. The van der Waals surface area contributed by atoms with Crippen LogP contribution in [0.3, 0.4) is 0 Å². The van der Waals surface area contributed by atoms with Crippen molar-refractivity contribution < 1.29 is 14.6 Å². The van der Waals surface area contributed by atoms with E-state index in [2.05, 4.69) is 4.74 Å². The van der Waals surface area contributed by atoms with Crippen LogP contribution < -0.4 is 0 Å². The molecule has 2 unspecified atom stereocenters. The lowest BCUT2D eigenvalue weighted by atomic mass is 9.94. The summed E-state index contributed by atoms with van der Waals surface area (Å²) in [6, 6.07) is 0. The van der Waals surface area contributed by atoms with Gasteiger partial charge in [0.2, 0.25) is 0 Å². The Morgan fingerprint density at radius 2 is 2.27 bits per heavy atom. The van der Waals surface area contributed by atoms with Crippen molar-refractivity contribution in [2.45, 2.75) is 18.9 Å². The Morgan fingerprint density at radius 1 is 1.55 bits per heavy atom. The Kier molecular flexibility index (Phi) is 2.65. The Hall–Kier alpha value is -0.830. The van der Waals surface area contributed by atoms with E-state index in [1.54, 1.807) is 12.2 Å². The van der Waals surface area contributed by atoms with Crippen LogP contribution >= 0.6 is 0 Å². The first kappa shape index (κ1) is 8.27. The SMILES string of the molecule is COC(=O)C1C=CC(O)CC1. The summed E-state index contributed by atoms with van der Waals surface area (Å²) in [5.74, 6) is -0.364. The first-order chi connectivity index (χ1) is 5.24. The highest BCUT2D eigenvalue weighted by atomic mass is 16.5. The maximum Gasteiger partial charge on any atom is 0.312 e. The summed E-state index contributed by atoms with van der Waals surface area (Å²) >= 11 is 0. The number of methoxy groups -OCH3 is 1. The van der Waals surface area contributed by atoms with Gasteiger partial charge in [-0.3, -0.25) is 4.79 Å². The second kappa shape index (κ2) is 3.53. The van der Waals surface area contributed by atoms with Crippen LogP contribution in [0, 0.1) is 5.92 Å². The van der Waals surface area contributed by atoms with Crippen molar-refractivity contribution in [2.75, 3.05) is 7.11 Å². The molecule has 2 atom stereocenters. The largest absolute Gasteiger partial charge is 0.469 e. The number of esters is 1. The molecule has 0 spiro atoms. The number of carbonyl (C=O) groups is 1. The number of rotatable bonds is 1. The van der Waals surface area contributed by atoms with E-state index in [1.165, 1.54) is 7.11 Å². The van der Waals surface area contributed by atoms with E-state index in [1.807, 2.05) is 0 Å². The molecular weight excluding hydrogens is 144 g/mol. The summed E-state index contributed by atoms with van der Waals surface area (Å²) in [7, 11) is 1.38.